The Labute approximate surface area is 148 Å². The van der Waals surface area contributed by atoms with Crippen LogP contribution in [0.4, 0.5) is 0 Å². The highest BCUT2D eigenvalue weighted by atomic mass is 16.3. The maximum atomic E-state index is 12.4. The summed E-state index contributed by atoms with van der Waals surface area (Å²) >= 11 is 0. The lowest BCUT2D eigenvalue weighted by Crippen LogP contribution is -2.66. The van der Waals surface area contributed by atoms with Gasteiger partial charge in [-0.2, -0.15) is 5.26 Å². The summed E-state index contributed by atoms with van der Waals surface area (Å²) in [6.45, 7) is 0.0857. The van der Waals surface area contributed by atoms with Crippen LogP contribution in [0.15, 0.2) is 24.3 Å². The van der Waals surface area contributed by atoms with E-state index < -0.39 is 6.04 Å². The van der Waals surface area contributed by atoms with Gasteiger partial charge in [-0.05, 0) is 44.6 Å². The van der Waals surface area contributed by atoms with Gasteiger partial charge in [-0.25, -0.2) is 0 Å². The number of nitrogens with zero attached hydrogens (tertiary/aromatic N) is 3. The molecule has 1 saturated carbocycles. The van der Waals surface area contributed by atoms with Crippen LogP contribution >= 0.6 is 0 Å². The Morgan fingerprint density at radius 3 is 2.52 bits per heavy atom. The first kappa shape index (κ1) is 17.5. The van der Waals surface area contributed by atoms with Crippen molar-refractivity contribution in [1.29, 1.82) is 5.26 Å². The Hall–Kier alpha value is -2.34. The maximum absolute atomic E-state index is 12.4. The first-order valence-corrected chi connectivity index (χ1v) is 8.63. The molecule has 25 heavy (non-hydrogen) atoms. The Balaban J connectivity index is 1.76. The molecule has 0 radical (unpaired) electrons. The summed E-state index contributed by atoms with van der Waals surface area (Å²) in [6.07, 6.45) is 2.40. The first-order chi connectivity index (χ1) is 12.0. The van der Waals surface area contributed by atoms with Gasteiger partial charge in [0.25, 0.3) is 0 Å². The van der Waals surface area contributed by atoms with E-state index in [4.69, 9.17) is 0 Å². The zero-order chi connectivity index (χ0) is 18.0. The molecule has 5 nitrogen and oxygen atoms in total. The number of benzene rings is 1. The smallest absolute Gasteiger partial charge is 0.238 e. The highest BCUT2D eigenvalue weighted by Gasteiger charge is 2.51. The number of likely N-dealkylation sites (N-methyl/N-ethyl adjacent to an activating group) is 1. The SMILES string of the molecule is CN(C)CC(=O)N1[C@H](CO)[C@@H](c2ccc(C#CC3CC3)cc2)[C@@H]1C#N. The monoisotopic (exact) mass is 337 g/mol. The standard InChI is InChI=1S/C20H23N3O2/c1-22(2)12-19(25)23-17(11-21)20(18(23)13-24)16-9-7-15(8-10-16)6-5-14-3-4-14/h7-10,14,17-18,20,24H,3-4,12-13H2,1-2H3/t17-,18+,20-/m0/s1. The molecule has 1 aliphatic carbocycles. The number of carbonyl (C=O) groups is 1. The predicted octanol–water partition coefficient (Wildman–Crippen LogP) is 1.19. The molecule has 0 bridgehead atoms. The lowest BCUT2D eigenvalue weighted by Gasteiger charge is -2.51. The van der Waals surface area contributed by atoms with Crippen molar-refractivity contribution in [2.24, 2.45) is 5.92 Å². The molecule has 1 saturated heterocycles. The predicted molar refractivity (Wildman–Crippen MR) is 94.5 cm³/mol. The molecule has 1 amide bonds. The van der Waals surface area contributed by atoms with Crippen LogP contribution < -0.4 is 0 Å². The summed E-state index contributed by atoms with van der Waals surface area (Å²) in [4.78, 5) is 15.7. The van der Waals surface area contributed by atoms with Crippen molar-refractivity contribution < 1.29 is 9.90 Å². The van der Waals surface area contributed by atoms with Gasteiger partial charge in [-0.3, -0.25) is 4.79 Å². The van der Waals surface area contributed by atoms with Gasteiger partial charge in [0, 0.05) is 17.4 Å². The normalized spacial score (nSPS) is 24.9. The van der Waals surface area contributed by atoms with E-state index in [-0.39, 0.29) is 31.0 Å². The molecule has 0 spiro atoms. The van der Waals surface area contributed by atoms with Crippen LogP contribution in [0.25, 0.3) is 0 Å². The lowest BCUT2D eigenvalue weighted by atomic mass is 9.75. The third-order valence-electron chi connectivity index (χ3n) is 4.76. The third-order valence-corrected chi connectivity index (χ3v) is 4.76. The molecule has 1 heterocycles. The number of hydrogen-bond donors (Lipinski definition) is 1. The van der Waals surface area contributed by atoms with E-state index in [1.165, 1.54) is 17.7 Å². The molecule has 5 heteroatoms. The maximum Gasteiger partial charge on any atom is 0.238 e. The largest absolute Gasteiger partial charge is 0.394 e. The van der Waals surface area contributed by atoms with Crippen molar-refractivity contribution in [1.82, 2.24) is 9.80 Å². The van der Waals surface area contributed by atoms with Gasteiger partial charge in [-0.1, -0.05) is 24.0 Å². The molecule has 3 atom stereocenters. The molecule has 130 valence electrons. The Morgan fingerprint density at radius 1 is 1.32 bits per heavy atom. The van der Waals surface area contributed by atoms with Gasteiger partial charge in [0.15, 0.2) is 0 Å². The minimum atomic E-state index is -0.534. The topological polar surface area (TPSA) is 67.6 Å². The minimum Gasteiger partial charge on any atom is -0.394 e. The molecule has 1 aliphatic heterocycles. The van der Waals surface area contributed by atoms with Crippen LogP contribution in [0.3, 0.4) is 0 Å². The second-order valence-electron chi connectivity index (χ2n) is 7.05. The van der Waals surface area contributed by atoms with Crippen LogP contribution in [0.1, 0.15) is 29.9 Å². The van der Waals surface area contributed by atoms with Crippen molar-refractivity contribution in [3.8, 4) is 17.9 Å². The summed E-state index contributed by atoms with van der Waals surface area (Å²) in [7, 11) is 3.62. The van der Waals surface area contributed by atoms with Crippen LogP contribution in [0.2, 0.25) is 0 Å². The highest BCUT2D eigenvalue weighted by molar-refractivity contribution is 5.81. The molecular formula is C20H23N3O2. The number of aliphatic hydroxyl groups is 1. The van der Waals surface area contributed by atoms with Crippen molar-refractivity contribution in [3.05, 3.63) is 35.4 Å². The Bertz CT molecular complexity index is 735. The molecule has 2 aliphatic rings. The van der Waals surface area contributed by atoms with E-state index in [2.05, 4.69) is 17.9 Å². The third kappa shape index (κ3) is 3.69. The van der Waals surface area contributed by atoms with Crippen molar-refractivity contribution in [3.63, 3.8) is 0 Å². The van der Waals surface area contributed by atoms with Gasteiger partial charge in [0.2, 0.25) is 5.91 Å². The summed E-state index contributed by atoms with van der Waals surface area (Å²) < 4.78 is 0. The van der Waals surface area contributed by atoms with Crippen molar-refractivity contribution >= 4 is 5.91 Å². The van der Waals surface area contributed by atoms with E-state index in [1.54, 1.807) is 4.90 Å². The average molecular weight is 337 g/mol. The van der Waals surface area contributed by atoms with Gasteiger partial charge in [0.05, 0.1) is 25.3 Å². The molecule has 2 fully saturated rings. The van der Waals surface area contributed by atoms with E-state index >= 15 is 0 Å². The molecule has 0 aromatic heterocycles. The lowest BCUT2D eigenvalue weighted by molar-refractivity contribution is -0.147. The van der Waals surface area contributed by atoms with Gasteiger partial charge in [0.1, 0.15) is 6.04 Å². The van der Waals surface area contributed by atoms with Crippen LogP contribution in [0.5, 0.6) is 0 Å². The summed E-state index contributed by atoms with van der Waals surface area (Å²) in [5, 5.41) is 19.3. The Kier molecular flexibility index (Phi) is 5.08. The average Bonchev–Trinajstić information content (AvgIpc) is 3.37. The van der Waals surface area contributed by atoms with E-state index in [0.29, 0.717) is 5.92 Å². The molecule has 1 aromatic carbocycles. The summed E-state index contributed by atoms with van der Waals surface area (Å²) in [6, 6.07) is 9.18. The van der Waals surface area contributed by atoms with Crippen LogP contribution in [-0.4, -0.2) is 60.1 Å². The number of rotatable bonds is 4. The summed E-state index contributed by atoms with van der Waals surface area (Å²) in [5.41, 5.74) is 1.93. The molecule has 0 unspecified atom stereocenters. The van der Waals surface area contributed by atoms with Gasteiger partial charge in [-0.15, -0.1) is 0 Å². The quantitative estimate of drug-likeness (QED) is 0.838. The zero-order valence-corrected chi connectivity index (χ0v) is 14.6. The molecule has 1 aromatic rings. The number of hydrogen-bond acceptors (Lipinski definition) is 4. The summed E-state index contributed by atoms with van der Waals surface area (Å²) in [5.74, 6) is 6.68. The van der Waals surface area contributed by atoms with Crippen molar-refractivity contribution in [2.75, 3.05) is 27.2 Å². The fourth-order valence-corrected chi connectivity index (χ4v) is 3.30. The second-order valence-corrected chi connectivity index (χ2v) is 7.05. The number of nitriles is 1. The van der Waals surface area contributed by atoms with E-state index in [0.717, 1.165) is 11.1 Å². The Morgan fingerprint density at radius 2 is 2.00 bits per heavy atom. The fourth-order valence-electron chi connectivity index (χ4n) is 3.30. The number of aliphatic hydroxyl groups excluding tert-OH is 1. The number of amides is 1. The van der Waals surface area contributed by atoms with Gasteiger partial charge >= 0.3 is 0 Å². The number of carbonyl (C=O) groups excluding carboxylic acids is 1. The highest BCUT2D eigenvalue weighted by Crippen LogP contribution is 2.40. The molecule has 1 N–H and O–H groups in total. The number of likely N-dealkylation sites (tertiary alicyclic amines) is 1. The van der Waals surface area contributed by atoms with E-state index in [1.807, 2.05) is 38.4 Å². The zero-order valence-electron chi connectivity index (χ0n) is 14.6. The van der Waals surface area contributed by atoms with Crippen LogP contribution in [0, 0.1) is 29.1 Å². The fraction of sp³-hybridized carbons (Fsp3) is 0.500. The first-order valence-electron chi connectivity index (χ1n) is 8.63. The molecular weight excluding hydrogens is 314 g/mol. The minimum absolute atomic E-state index is 0.126. The van der Waals surface area contributed by atoms with Crippen molar-refractivity contribution in [2.45, 2.75) is 30.8 Å². The van der Waals surface area contributed by atoms with Gasteiger partial charge < -0.3 is 14.9 Å². The van der Waals surface area contributed by atoms with E-state index in [9.17, 15) is 15.2 Å². The molecule has 3 rings (SSSR count). The second kappa shape index (κ2) is 7.27. The van der Waals surface area contributed by atoms with Crippen LogP contribution in [-0.2, 0) is 4.79 Å².